The third-order valence-electron chi connectivity index (χ3n) is 3.42. The van der Waals surface area contributed by atoms with Crippen molar-refractivity contribution in [3.05, 3.63) is 15.4 Å². The largest absolute Gasteiger partial charge is 0.252 e. The van der Waals surface area contributed by atoms with Crippen molar-refractivity contribution in [2.45, 2.75) is 43.9 Å². The van der Waals surface area contributed by atoms with Crippen molar-refractivity contribution in [1.29, 1.82) is 0 Å². The zero-order valence-electron chi connectivity index (χ0n) is 10.8. The maximum Gasteiger partial charge on any atom is 0.252 e. The molecule has 1 aliphatic rings. The molecule has 1 fully saturated rings. The molecule has 1 aromatic rings. The number of sulfonamides is 1. The fraction of sp³-hybridized carbons (Fsp3) is 0.667. The second-order valence-electron chi connectivity index (χ2n) is 5.09. The number of thiophene rings is 1. The van der Waals surface area contributed by atoms with Crippen molar-refractivity contribution in [2.75, 3.05) is 6.54 Å². The minimum Gasteiger partial charge on any atom is -0.206 e. The molecule has 1 unspecified atom stereocenters. The summed E-state index contributed by atoms with van der Waals surface area (Å²) in [4.78, 5) is 0. The Morgan fingerprint density at radius 3 is 2.67 bits per heavy atom. The summed E-state index contributed by atoms with van der Waals surface area (Å²) in [6.07, 6.45) is 1.94. The van der Waals surface area contributed by atoms with Crippen LogP contribution in [0.5, 0.6) is 0 Å². The van der Waals surface area contributed by atoms with Gasteiger partial charge in [0.15, 0.2) is 0 Å². The van der Waals surface area contributed by atoms with Gasteiger partial charge in [-0.1, -0.05) is 13.8 Å². The van der Waals surface area contributed by atoms with Crippen LogP contribution in [0.2, 0.25) is 0 Å². The SMILES string of the molecule is Cc1cc(S(=O)(=O)N2CCCC2C(C)C)sc1Br. The Labute approximate surface area is 121 Å². The lowest BCUT2D eigenvalue weighted by Gasteiger charge is -2.26. The molecule has 0 aromatic carbocycles. The van der Waals surface area contributed by atoms with E-state index in [1.54, 1.807) is 10.4 Å². The van der Waals surface area contributed by atoms with Gasteiger partial charge < -0.3 is 0 Å². The van der Waals surface area contributed by atoms with E-state index in [9.17, 15) is 8.42 Å². The monoisotopic (exact) mass is 351 g/mol. The van der Waals surface area contributed by atoms with Crippen molar-refractivity contribution in [1.82, 2.24) is 4.31 Å². The molecule has 1 aromatic heterocycles. The summed E-state index contributed by atoms with van der Waals surface area (Å²) in [5, 5.41) is 0. The highest BCUT2D eigenvalue weighted by Crippen LogP contribution is 2.36. The molecule has 0 radical (unpaired) electrons. The highest BCUT2D eigenvalue weighted by Gasteiger charge is 2.37. The zero-order valence-corrected chi connectivity index (χ0v) is 14.0. The molecule has 0 saturated carbocycles. The van der Waals surface area contributed by atoms with Crippen molar-refractivity contribution in [3.63, 3.8) is 0 Å². The predicted molar refractivity (Wildman–Crippen MR) is 78.5 cm³/mol. The first-order valence-electron chi connectivity index (χ1n) is 6.12. The second-order valence-corrected chi connectivity index (χ2v) is 9.58. The summed E-state index contributed by atoms with van der Waals surface area (Å²) in [6.45, 7) is 6.76. The smallest absolute Gasteiger partial charge is 0.206 e. The lowest BCUT2D eigenvalue weighted by Crippen LogP contribution is -2.38. The van der Waals surface area contributed by atoms with Crippen LogP contribution in [0.4, 0.5) is 0 Å². The van der Waals surface area contributed by atoms with Crippen LogP contribution < -0.4 is 0 Å². The van der Waals surface area contributed by atoms with Crippen LogP contribution in [0.3, 0.4) is 0 Å². The Balaban J connectivity index is 2.36. The number of nitrogens with zero attached hydrogens (tertiary/aromatic N) is 1. The van der Waals surface area contributed by atoms with Crippen molar-refractivity contribution >= 4 is 37.3 Å². The van der Waals surface area contributed by atoms with Crippen LogP contribution in [0.25, 0.3) is 0 Å². The predicted octanol–water partition coefficient (Wildman–Crippen LogP) is 3.63. The third kappa shape index (κ3) is 2.53. The molecule has 0 aliphatic carbocycles. The standard InChI is InChI=1S/C12H18BrNO2S2/c1-8(2)10-5-4-6-14(10)18(15,16)11-7-9(3)12(13)17-11/h7-8,10H,4-6H2,1-3H3. The molecular weight excluding hydrogens is 334 g/mol. The molecular formula is C12H18BrNO2S2. The zero-order chi connectivity index (χ0) is 13.5. The van der Waals surface area contributed by atoms with E-state index in [-0.39, 0.29) is 6.04 Å². The van der Waals surface area contributed by atoms with E-state index in [1.807, 2.05) is 6.92 Å². The molecule has 6 heteroatoms. The molecule has 0 bridgehead atoms. The minimum atomic E-state index is -3.31. The normalized spacial score (nSPS) is 21.9. The first kappa shape index (κ1) is 14.5. The van der Waals surface area contributed by atoms with Crippen LogP contribution in [-0.4, -0.2) is 25.3 Å². The summed E-state index contributed by atoms with van der Waals surface area (Å²) in [5.74, 6) is 0.367. The van der Waals surface area contributed by atoms with Gasteiger partial charge in [-0.15, -0.1) is 11.3 Å². The van der Waals surface area contributed by atoms with Gasteiger partial charge in [0.05, 0.1) is 3.79 Å². The van der Waals surface area contributed by atoms with E-state index in [2.05, 4.69) is 29.8 Å². The van der Waals surface area contributed by atoms with Gasteiger partial charge >= 0.3 is 0 Å². The number of hydrogen-bond acceptors (Lipinski definition) is 3. The van der Waals surface area contributed by atoms with E-state index < -0.39 is 10.0 Å². The number of rotatable bonds is 3. The fourth-order valence-electron chi connectivity index (χ4n) is 2.40. The Hall–Kier alpha value is 0.0900. The Morgan fingerprint density at radius 2 is 2.17 bits per heavy atom. The lowest BCUT2D eigenvalue weighted by molar-refractivity contribution is 0.316. The average Bonchev–Trinajstić information content (AvgIpc) is 2.87. The molecule has 0 spiro atoms. The summed E-state index contributed by atoms with van der Waals surface area (Å²) in [7, 11) is -3.31. The fourth-order valence-corrected chi connectivity index (χ4v) is 6.59. The molecule has 0 N–H and O–H groups in total. The first-order chi connectivity index (χ1) is 8.34. The maximum absolute atomic E-state index is 12.6. The summed E-state index contributed by atoms with van der Waals surface area (Å²) in [6, 6.07) is 1.91. The molecule has 1 aliphatic heterocycles. The molecule has 1 saturated heterocycles. The van der Waals surface area contributed by atoms with Crippen molar-refractivity contribution in [3.8, 4) is 0 Å². The van der Waals surface area contributed by atoms with Gasteiger partial charge in [0.1, 0.15) is 4.21 Å². The van der Waals surface area contributed by atoms with Gasteiger partial charge in [-0.05, 0) is 53.2 Å². The summed E-state index contributed by atoms with van der Waals surface area (Å²) >= 11 is 4.71. The Bertz CT molecular complexity index is 517. The third-order valence-corrected chi connectivity index (χ3v) is 7.93. The van der Waals surface area contributed by atoms with Gasteiger partial charge in [-0.25, -0.2) is 8.42 Å². The van der Waals surface area contributed by atoms with Crippen LogP contribution in [0.15, 0.2) is 14.1 Å². The molecule has 18 heavy (non-hydrogen) atoms. The Kier molecular flexibility index (Phi) is 4.21. The first-order valence-corrected chi connectivity index (χ1v) is 9.16. The average molecular weight is 352 g/mol. The molecule has 1 atom stereocenters. The van der Waals surface area contributed by atoms with Gasteiger partial charge in [0.2, 0.25) is 0 Å². The van der Waals surface area contributed by atoms with E-state index >= 15 is 0 Å². The van der Waals surface area contributed by atoms with E-state index in [4.69, 9.17) is 0 Å². The summed E-state index contributed by atoms with van der Waals surface area (Å²) < 4.78 is 28.3. The molecule has 102 valence electrons. The number of halogens is 1. The molecule has 0 amide bonds. The van der Waals surface area contributed by atoms with Crippen LogP contribution in [0.1, 0.15) is 32.3 Å². The quantitative estimate of drug-likeness (QED) is 0.833. The highest BCUT2D eigenvalue weighted by molar-refractivity contribution is 9.11. The van der Waals surface area contributed by atoms with E-state index in [0.717, 1.165) is 22.2 Å². The van der Waals surface area contributed by atoms with Crippen LogP contribution >= 0.6 is 27.3 Å². The van der Waals surface area contributed by atoms with Gasteiger partial charge in [-0.2, -0.15) is 4.31 Å². The number of hydrogen-bond donors (Lipinski definition) is 0. The maximum atomic E-state index is 12.6. The molecule has 2 rings (SSSR count). The van der Waals surface area contributed by atoms with Crippen LogP contribution in [-0.2, 0) is 10.0 Å². The number of aryl methyl sites for hydroxylation is 1. The Morgan fingerprint density at radius 1 is 1.50 bits per heavy atom. The van der Waals surface area contributed by atoms with Gasteiger partial charge in [-0.3, -0.25) is 0 Å². The molecule has 2 heterocycles. The second kappa shape index (κ2) is 5.23. The minimum absolute atomic E-state index is 0.149. The lowest BCUT2D eigenvalue weighted by atomic mass is 10.0. The van der Waals surface area contributed by atoms with Gasteiger partial charge in [0, 0.05) is 12.6 Å². The van der Waals surface area contributed by atoms with Crippen LogP contribution in [0, 0.1) is 12.8 Å². The van der Waals surface area contributed by atoms with Crippen molar-refractivity contribution in [2.24, 2.45) is 5.92 Å². The topological polar surface area (TPSA) is 37.4 Å². The van der Waals surface area contributed by atoms with Crippen molar-refractivity contribution < 1.29 is 8.42 Å². The van der Waals surface area contributed by atoms with E-state index in [1.165, 1.54) is 11.3 Å². The van der Waals surface area contributed by atoms with E-state index in [0.29, 0.717) is 16.7 Å². The van der Waals surface area contributed by atoms with Gasteiger partial charge in [0.25, 0.3) is 10.0 Å². The highest BCUT2D eigenvalue weighted by atomic mass is 79.9. The summed E-state index contributed by atoms with van der Waals surface area (Å²) in [5.41, 5.74) is 0.985. The molecule has 3 nitrogen and oxygen atoms in total.